The lowest BCUT2D eigenvalue weighted by Crippen LogP contribution is -2.12. The fraction of sp³-hybridized carbons (Fsp3) is 0.0667. The van der Waals surface area contributed by atoms with Crippen molar-refractivity contribution in [3.05, 3.63) is 64.1 Å². The molecule has 23 heavy (non-hydrogen) atoms. The zero-order chi connectivity index (χ0) is 16.6. The summed E-state index contributed by atoms with van der Waals surface area (Å²) in [5.74, 6) is -0.745. The molecule has 0 aliphatic carbocycles. The summed E-state index contributed by atoms with van der Waals surface area (Å²) in [7, 11) is 0. The summed E-state index contributed by atoms with van der Waals surface area (Å²) < 4.78 is 1.77. The lowest BCUT2D eigenvalue weighted by atomic mass is 10.2. The largest absolute Gasteiger partial charge is 0.506 e. The highest BCUT2D eigenvalue weighted by Gasteiger charge is 2.14. The molecule has 2 aromatic heterocycles. The third-order valence-electron chi connectivity index (χ3n) is 3.28. The van der Waals surface area contributed by atoms with Crippen LogP contribution in [0.3, 0.4) is 0 Å². The Labute approximate surface area is 130 Å². The van der Waals surface area contributed by atoms with Gasteiger partial charge in [-0.1, -0.05) is 0 Å². The Kier molecular flexibility index (Phi) is 3.41. The number of carbonyl (C=O) groups excluding carboxylic acids is 1. The van der Waals surface area contributed by atoms with E-state index in [0.717, 1.165) is 23.9 Å². The Hall–Kier alpha value is -3.42. The number of nitrogens with zero attached hydrogens (tertiary/aromatic N) is 3. The smallest absolute Gasteiger partial charge is 0.271 e. The molecule has 2 heterocycles. The number of imidazole rings is 1. The van der Waals surface area contributed by atoms with Crippen LogP contribution in [0.1, 0.15) is 16.1 Å². The zero-order valence-corrected chi connectivity index (χ0v) is 12.1. The summed E-state index contributed by atoms with van der Waals surface area (Å²) >= 11 is 0. The highest BCUT2D eigenvalue weighted by atomic mass is 16.6. The average molecular weight is 312 g/mol. The van der Waals surface area contributed by atoms with E-state index < -0.39 is 10.8 Å². The van der Waals surface area contributed by atoms with Crippen LogP contribution in [0.25, 0.3) is 5.65 Å². The van der Waals surface area contributed by atoms with E-state index in [-0.39, 0.29) is 17.1 Å². The molecule has 0 saturated heterocycles. The van der Waals surface area contributed by atoms with Crippen LogP contribution >= 0.6 is 0 Å². The molecule has 3 aromatic rings. The lowest BCUT2D eigenvalue weighted by molar-refractivity contribution is -0.384. The number of benzene rings is 1. The summed E-state index contributed by atoms with van der Waals surface area (Å²) in [5, 5.41) is 23.0. The number of aromatic nitrogens is 2. The Morgan fingerprint density at radius 3 is 2.87 bits per heavy atom. The van der Waals surface area contributed by atoms with Gasteiger partial charge in [0.25, 0.3) is 11.6 Å². The minimum absolute atomic E-state index is 0.0244. The summed E-state index contributed by atoms with van der Waals surface area (Å²) in [4.78, 5) is 26.7. The van der Waals surface area contributed by atoms with Gasteiger partial charge in [0.05, 0.1) is 16.3 Å². The highest BCUT2D eigenvalue weighted by Crippen LogP contribution is 2.28. The number of hydrogen-bond donors (Lipinski definition) is 2. The van der Waals surface area contributed by atoms with Gasteiger partial charge in [-0.05, 0) is 25.1 Å². The minimum Gasteiger partial charge on any atom is -0.506 e. The van der Waals surface area contributed by atoms with Gasteiger partial charge in [-0.2, -0.15) is 0 Å². The van der Waals surface area contributed by atoms with Crippen molar-refractivity contribution in [1.29, 1.82) is 0 Å². The number of rotatable bonds is 3. The highest BCUT2D eigenvalue weighted by molar-refractivity contribution is 6.05. The van der Waals surface area contributed by atoms with Crippen molar-refractivity contribution in [2.45, 2.75) is 6.92 Å². The molecule has 0 spiro atoms. The number of phenols is 1. The van der Waals surface area contributed by atoms with Gasteiger partial charge in [-0.25, -0.2) is 4.98 Å². The Morgan fingerprint density at radius 1 is 1.35 bits per heavy atom. The molecule has 0 atom stereocenters. The maximum Gasteiger partial charge on any atom is 0.271 e. The fourth-order valence-electron chi connectivity index (χ4n) is 2.18. The number of aromatic hydroxyl groups is 1. The van der Waals surface area contributed by atoms with Crippen molar-refractivity contribution in [3.63, 3.8) is 0 Å². The van der Waals surface area contributed by atoms with Crippen LogP contribution < -0.4 is 5.32 Å². The number of anilines is 1. The molecule has 0 unspecified atom stereocenters. The first-order chi connectivity index (χ1) is 10.9. The maximum absolute atomic E-state index is 12.3. The number of non-ortho nitro benzene ring substituents is 1. The van der Waals surface area contributed by atoms with E-state index in [0.29, 0.717) is 11.2 Å². The predicted octanol–water partition coefficient (Wildman–Crippen LogP) is 2.51. The van der Waals surface area contributed by atoms with Crippen molar-refractivity contribution in [2.75, 3.05) is 5.32 Å². The molecule has 0 aliphatic rings. The number of pyridine rings is 1. The van der Waals surface area contributed by atoms with Crippen LogP contribution in [0.5, 0.6) is 5.75 Å². The van der Waals surface area contributed by atoms with Crippen LogP contribution in [0.2, 0.25) is 0 Å². The number of hydrogen-bond acceptors (Lipinski definition) is 5. The first kappa shape index (κ1) is 14.5. The van der Waals surface area contributed by atoms with Crippen LogP contribution in [0, 0.1) is 17.0 Å². The molecule has 1 aromatic carbocycles. The lowest BCUT2D eigenvalue weighted by Gasteiger charge is -2.07. The van der Waals surface area contributed by atoms with Gasteiger partial charge in [0.1, 0.15) is 11.4 Å². The number of aryl methyl sites for hydroxylation is 1. The van der Waals surface area contributed by atoms with Crippen molar-refractivity contribution >= 4 is 22.9 Å². The van der Waals surface area contributed by atoms with Gasteiger partial charge in [-0.3, -0.25) is 14.9 Å². The Bertz CT molecular complexity index is 932. The number of amides is 1. The normalized spacial score (nSPS) is 10.7. The Morgan fingerprint density at radius 2 is 2.13 bits per heavy atom. The van der Waals surface area contributed by atoms with Gasteiger partial charge < -0.3 is 14.8 Å². The standard InChI is InChI=1S/C15H12N4O4/c1-9-8-18-5-4-10(6-14(18)16-9)15(21)17-12-7-11(19(22)23)2-3-13(12)20/h2-8,20H,1H3,(H,17,21). The van der Waals surface area contributed by atoms with Crippen molar-refractivity contribution in [3.8, 4) is 5.75 Å². The third-order valence-corrected chi connectivity index (χ3v) is 3.28. The number of nitro groups is 1. The third kappa shape index (κ3) is 2.82. The van der Waals surface area contributed by atoms with E-state index >= 15 is 0 Å². The average Bonchev–Trinajstić information content (AvgIpc) is 2.88. The molecule has 0 aliphatic heterocycles. The molecule has 116 valence electrons. The minimum atomic E-state index is -0.603. The van der Waals surface area contributed by atoms with E-state index in [2.05, 4.69) is 10.3 Å². The van der Waals surface area contributed by atoms with Crippen molar-refractivity contribution in [2.24, 2.45) is 0 Å². The zero-order valence-electron chi connectivity index (χ0n) is 12.1. The molecule has 3 rings (SSSR count). The molecule has 0 bridgehead atoms. The van der Waals surface area contributed by atoms with Crippen LogP contribution in [0.15, 0.2) is 42.7 Å². The predicted molar refractivity (Wildman–Crippen MR) is 82.6 cm³/mol. The summed E-state index contributed by atoms with van der Waals surface area (Å²) in [6.07, 6.45) is 3.51. The second kappa shape index (κ2) is 5.41. The summed E-state index contributed by atoms with van der Waals surface area (Å²) in [6, 6.07) is 6.61. The molecule has 0 radical (unpaired) electrons. The van der Waals surface area contributed by atoms with E-state index in [1.165, 1.54) is 0 Å². The van der Waals surface area contributed by atoms with E-state index in [4.69, 9.17) is 0 Å². The topological polar surface area (TPSA) is 110 Å². The monoisotopic (exact) mass is 312 g/mol. The number of phenolic OH excluding ortho intramolecular Hbond substituents is 1. The molecule has 1 amide bonds. The van der Waals surface area contributed by atoms with Gasteiger partial charge in [0, 0.05) is 30.1 Å². The second-order valence-electron chi connectivity index (χ2n) is 4.98. The molecule has 0 fully saturated rings. The number of nitro benzene ring substituents is 1. The second-order valence-corrected chi connectivity index (χ2v) is 4.98. The van der Waals surface area contributed by atoms with Gasteiger partial charge in [0.15, 0.2) is 0 Å². The van der Waals surface area contributed by atoms with E-state index in [9.17, 15) is 20.0 Å². The van der Waals surface area contributed by atoms with Crippen molar-refractivity contribution < 1.29 is 14.8 Å². The molecule has 8 nitrogen and oxygen atoms in total. The molecular formula is C15H12N4O4. The maximum atomic E-state index is 12.3. The van der Waals surface area contributed by atoms with Crippen LogP contribution in [-0.2, 0) is 0 Å². The number of carbonyl (C=O) groups is 1. The van der Waals surface area contributed by atoms with Gasteiger partial charge >= 0.3 is 0 Å². The van der Waals surface area contributed by atoms with Gasteiger partial charge in [0.2, 0.25) is 0 Å². The SMILES string of the molecule is Cc1cn2ccc(C(=O)Nc3cc([N+](=O)[O-])ccc3O)cc2n1. The van der Waals surface area contributed by atoms with E-state index in [1.807, 2.05) is 13.1 Å². The van der Waals surface area contributed by atoms with E-state index in [1.54, 1.807) is 22.7 Å². The van der Waals surface area contributed by atoms with Crippen molar-refractivity contribution in [1.82, 2.24) is 9.38 Å². The first-order valence-electron chi connectivity index (χ1n) is 6.68. The molecule has 8 heteroatoms. The molecular weight excluding hydrogens is 300 g/mol. The van der Waals surface area contributed by atoms with Crippen LogP contribution in [-0.4, -0.2) is 25.3 Å². The molecule has 0 saturated carbocycles. The Balaban J connectivity index is 1.90. The number of fused-ring (bicyclic) bond motifs is 1. The number of nitrogens with one attached hydrogen (secondary N) is 1. The van der Waals surface area contributed by atoms with Crippen LogP contribution in [0.4, 0.5) is 11.4 Å². The first-order valence-corrected chi connectivity index (χ1v) is 6.68. The molecule has 2 N–H and O–H groups in total. The fourth-order valence-corrected chi connectivity index (χ4v) is 2.18. The van der Waals surface area contributed by atoms with Gasteiger partial charge in [-0.15, -0.1) is 0 Å². The quantitative estimate of drug-likeness (QED) is 0.438. The summed E-state index contributed by atoms with van der Waals surface area (Å²) in [6.45, 7) is 1.84. The summed E-state index contributed by atoms with van der Waals surface area (Å²) in [5.41, 5.74) is 1.51.